The third-order valence-corrected chi connectivity index (χ3v) is 3.30. The summed E-state index contributed by atoms with van der Waals surface area (Å²) in [6, 6.07) is 7.22. The third kappa shape index (κ3) is 4.95. The highest BCUT2D eigenvalue weighted by Gasteiger charge is 2.29. The van der Waals surface area contributed by atoms with E-state index in [1.807, 2.05) is 0 Å². The number of benzene rings is 1. The van der Waals surface area contributed by atoms with Gasteiger partial charge in [0.25, 0.3) is 5.91 Å². The van der Waals surface area contributed by atoms with Gasteiger partial charge >= 0.3 is 12.1 Å². The van der Waals surface area contributed by atoms with Gasteiger partial charge in [0.1, 0.15) is 5.56 Å². The Labute approximate surface area is 146 Å². The molecule has 138 valence electrons. The number of nitrogens with one attached hydrogen (secondary N) is 1. The van der Waals surface area contributed by atoms with Gasteiger partial charge in [-0.15, -0.1) is 0 Å². The lowest BCUT2D eigenvalue weighted by Crippen LogP contribution is -2.22. The van der Waals surface area contributed by atoms with E-state index >= 15 is 0 Å². The first-order chi connectivity index (χ1) is 12.2. The number of nitrogens with zero attached hydrogens (tertiary/aromatic N) is 1. The number of pyridine rings is 1. The van der Waals surface area contributed by atoms with E-state index in [1.165, 1.54) is 37.6 Å². The minimum absolute atomic E-state index is 0.167. The number of hydrogen-bond acceptors (Lipinski definition) is 5. The SMILES string of the molecule is COC(=O)c1ccc(C)c(NC(=O)c2cccnc2OCC(F)(F)F)c1. The number of carbonyl (C=O) groups is 2. The van der Waals surface area contributed by atoms with Crippen LogP contribution in [-0.2, 0) is 4.74 Å². The summed E-state index contributed by atoms with van der Waals surface area (Å²) in [6.45, 7) is 0.127. The predicted octanol–water partition coefficient (Wildman–Crippen LogP) is 3.37. The molecule has 1 aromatic carbocycles. The molecule has 9 heteroatoms. The molecule has 0 bridgehead atoms. The Kier molecular flexibility index (Phi) is 5.81. The molecule has 0 unspecified atom stereocenters. The average molecular weight is 368 g/mol. The Morgan fingerprint density at radius 2 is 1.96 bits per heavy atom. The van der Waals surface area contributed by atoms with E-state index in [4.69, 9.17) is 0 Å². The van der Waals surface area contributed by atoms with Crippen molar-refractivity contribution in [3.05, 3.63) is 53.2 Å². The van der Waals surface area contributed by atoms with Crippen molar-refractivity contribution in [1.82, 2.24) is 4.98 Å². The van der Waals surface area contributed by atoms with Crippen molar-refractivity contribution < 1.29 is 32.2 Å². The number of halogens is 3. The second-order valence-electron chi connectivity index (χ2n) is 5.24. The van der Waals surface area contributed by atoms with Crippen molar-refractivity contribution >= 4 is 17.6 Å². The van der Waals surface area contributed by atoms with E-state index in [-0.39, 0.29) is 11.1 Å². The molecular formula is C17H15F3N2O4. The van der Waals surface area contributed by atoms with Crippen molar-refractivity contribution in [3.8, 4) is 5.88 Å². The minimum atomic E-state index is -4.56. The second-order valence-corrected chi connectivity index (χ2v) is 5.24. The molecule has 6 nitrogen and oxygen atoms in total. The van der Waals surface area contributed by atoms with Gasteiger partial charge in [0.2, 0.25) is 5.88 Å². The number of carbonyl (C=O) groups excluding carboxylic acids is 2. The highest BCUT2D eigenvalue weighted by atomic mass is 19.4. The fourth-order valence-electron chi connectivity index (χ4n) is 2.02. The van der Waals surface area contributed by atoms with Crippen LogP contribution < -0.4 is 10.1 Å². The summed E-state index contributed by atoms with van der Waals surface area (Å²) in [5, 5.41) is 2.54. The number of methoxy groups -OCH3 is 1. The molecular weight excluding hydrogens is 353 g/mol. The number of hydrogen-bond donors (Lipinski definition) is 1. The molecule has 1 N–H and O–H groups in total. The number of alkyl halides is 3. The summed E-state index contributed by atoms with van der Waals surface area (Å²) in [5.41, 5.74) is 1.00. The van der Waals surface area contributed by atoms with Crippen LogP contribution in [-0.4, -0.2) is 36.8 Å². The molecule has 1 amide bonds. The lowest BCUT2D eigenvalue weighted by atomic mass is 10.1. The van der Waals surface area contributed by atoms with Crippen LogP contribution in [0.3, 0.4) is 0 Å². The molecule has 0 saturated carbocycles. The Balaban J connectivity index is 2.24. The summed E-state index contributed by atoms with van der Waals surface area (Å²) >= 11 is 0. The van der Waals surface area contributed by atoms with E-state index in [1.54, 1.807) is 13.0 Å². The average Bonchev–Trinajstić information content (AvgIpc) is 2.60. The number of rotatable bonds is 5. The Morgan fingerprint density at radius 1 is 1.23 bits per heavy atom. The predicted molar refractivity (Wildman–Crippen MR) is 86.3 cm³/mol. The molecule has 0 aliphatic heterocycles. The second kappa shape index (κ2) is 7.85. The number of aromatic nitrogens is 1. The van der Waals surface area contributed by atoms with E-state index in [2.05, 4.69) is 19.8 Å². The molecule has 0 aliphatic rings. The topological polar surface area (TPSA) is 77.5 Å². The van der Waals surface area contributed by atoms with Gasteiger partial charge < -0.3 is 14.8 Å². The molecule has 0 aliphatic carbocycles. The Morgan fingerprint density at radius 3 is 2.62 bits per heavy atom. The van der Waals surface area contributed by atoms with Crippen LogP contribution >= 0.6 is 0 Å². The first kappa shape index (κ1) is 19.2. The quantitative estimate of drug-likeness (QED) is 0.819. The monoisotopic (exact) mass is 368 g/mol. The van der Waals surface area contributed by atoms with Crippen LogP contribution in [0.4, 0.5) is 18.9 Å². The molecule has 0 fully saturated rings. The zero-order chi connectivity index (χ0) is 19.3. The van der Waals surface area contributed by atoms with Crippen molar-refractivity contribution in [1.29, 1.82) is 0 Å². The summed E-state index contributed by atoms with van der Waals surface area (Å²) in [6.07, 6.45) is -3.34. The maximum atomic E-state index is 12.4. The largest absolute Gasteiger partial charge is 0.467 e. The van der Waals surface area contributed by atoms with E-state index in [9.17, 15) is 22.8 Å². The summed E-state index contributed by atoms with van der Waals surface area (Å²) in [4.78, 5) is 27.7. The zero-order valence-electron chi connectivity index (χ0n) is 13.9. The van der Waals surface area contributed by atoms with Gasteiger partial charge in [-0.1, -0.05) is 6.07 Å². The maximum Gasteiger partial charge on any atom is 0.422 e. The highest BCUT2D eigenvalue weighted by molar-refractivity contribution is 6.06. The zero-order valence-corrected chi connectivity index (χ0v) is 13.9. The van der Waals surface area contributed by atoms with Gasteiger partial charge in [0, 0.05) is 11.9 Å². The van der Waals surface area contributed by atoms with Crippen molar-refractivity contribution in [3.63, 3.8) is 0 Å². The minimum Gasteiger partial charge on any atom is -0.467 e. The third-order valence-electron chi connectivity index (χ3n) is 3.30. The molecule has 1 heterocycles. The molecule has 2 rings (SSSR count). The van der Waals surface area contributed by atoms with Crippen LogP contribution in [0.5, 0.6) is 5.88 Å². The van der Waals surface area contributed by atoms with Gasteiger partial charge in [-0.3, -0.25) is 4.79 Å². The first-order valence-corrected chi connectivity index (χ1v) is 7.36. The maximum absolute atomic E-state index is 12.4. The molecule has 2 aromatic rings. The van der Waals surface area contributed by atoms with Gasteiger partial charge in [-0.2, -0.15) is 13.2 Å². The normalized spacial score (nSPS) is 11.0. The van der Waals surface area contributed by atoms with E-state index < -0.39 is 30.5 Å². The Bertz CT molecular complexity index is 822. The van der Waals surface area contributed by atoms with Crippen LogP contribution in [0.2, 0.25) is 0 Å². The fraction of sp³-hybridized carbons (Fsp3) is 0.235. The van der Waals surface area contributed by atoms with Gasteiger partial charge in [-0.05, 0) is 36.8 Å². The Hall–Kier alpha value is -3.10. The van der Waals surface area contributed by atoms with Gasteiger partial charge in [-0.25, -0.2) is 9.78 Å². The van der Waals surface area contributed by atoms with Crippen LogP contribution in [0, 0.1) is 6.92 Å². The van der Waals surface area contributed by atoms with E-state index in [0.717, 1.165) is 0 Å². The molecule has 26 heavy (non-hydrogen) atoms. The molecule has 0 saturated heterocycles. The van der Waals surface area contributed by atoms with Gasteiger partial charge in [0.15, 0.2) is 6.61 Å². The molecule has 0 atom stereocenters. The summed E-state index contributed by atoms with van der Waals surface area (Å²) in [5.74, 6) is -1.75. The molecule has 1 aromatic heterocycles. The van der Waals surface area contributed by atoms with Gasteiger partial charge in [0.05, 0.1) is 12.7 Å². The first-order valence-electron chi connectivity index (χ1n) is 7.36. The lowest BCUT2D eigenvalue weighted by Gasteiger charge is -2.13. The number of aryl methyl sites for hydroxylation is 1. The van der Waals surface area contributed by atoms with Crippen LogP contribution in [0.15, 0.2) is 36.5 Å². The number of esters is 1. The number of amides is 1. The molecule has 0 spiro atoms. The van der Waals surface area contributed by atoms with Crippen LogP contribution in [0.25, 0.3) is 0 Å². The summed E-state index contributed by atoms with van der Waals surface area (Å²) in [7, 11) is 1.22. The van der Waals surface area contributed by atoms with Crippen molar-refractivity contribution in [2.24, 2.45) is 0 Å². The summed E-state index contributed by atoms with van der Waals surface area (Å²) < 4.78 is 46.2. The number of anilines is 1. The highest BCUT2D eigenvalue weighted by Crippen LogP contribution is 2.23. The molecule has 0 radical (unpaired) electrons. The van der Waals surface area contributed by atoms with Crippen LogP contribution in [0.1, 0.15) is 26.3 Å². The number of ether oxygens (including phenoxy) is 2. The van der Waals surface area contributed by atoms with Crippen molar-refractivity contribution in [2.45, 2.75) is 13.1 Å². The fourth-order valence-corrected chi connectivity index (χ4v) is 2.02. The lowest BCUT2D eigenvalue weighted by molar-refractivity contribution is -0.154. The van der Waals surface area contributed by atoms with Crippen molar-refractivity contribution in [2.75, 3.05) is 19.0 Å². The smallest absolute Gasteiger partial charge is 0.422 e. The standard InChI is InChI=1S/C17H15F3N2O4/c1-10-5-6-11(16(24)25-2)8-13(10)22-14(23)12-4-3-7-21-15(12)26-9-17(18,19)20/h3-8H,9H2,1-2H3,(H,22,23). The van der Waals surface area contributed by atoms with E-state index in [0.29, 0.717) is 11.3 Å².